The van der Waals surface area contributed by atoms with Crippen molar-refractivity contribution in [1.29, 1.82) is 0 Å². The topological polar surface area (TPSA) is 82.1 Å². The minimum atomic E-state index is -2.31. The van der Waals surface area contributed by atoms with E-state index in [4.69, 9.17) is 33.9 Å². The summed E-state index contributed by atoms with van der Waals surface area (Å²) in [6.07, 6.45) is 4.95. The van der Waals surface area contributed by atoms with Gasteiger partial charge in [0.1, 0.15) is 54.8 Å². The second kappa shape index (κ2) is 16.1. The number of hydrogen-bond acceptors (Lipinski definition) is 9. The second-order valence-corrected chi connectivity index (χ2v) is 23.2. The van der Waals surface area contributed by atoms with E-state index in [0.29, 0.717) is 69.5 Å². The monoisotopic (exact) mass is 815 g/mol. The Balaban J connectivity index is 1.36. The van der Waals surface area contributed by atoms with E-state index in [1.54, 1.807) is 18.2 Å². The molecule has 4 aliphatic heterocycles. The number of hydrogen-bond donors (Lipinski definition) is 0. The fourth-order valence-corrected chi connectivity index (χ4v) is 15.9. The number of nitrogens with zero attached hydrogens (tertiary/aromatic N) is 5. The first-order valence-electron chi connectivity index (χ1n) is 21.1. The summed E-state index contributed by atoms with van der Waals surface area (Å²) < 4.78 is 72.9. The van der Waals surface area contributed by atoms with Gasteiger partial charge >= 0.3 is 6.01 Å². The van der Waals surface area contributed by atoms with Crippen LogP contribution in [0.15, 0.2) is 24.3 Å². The number of piperidine rings is 1. The van der Waals surface area contributed by atoms with Crippen molar-refractivity contribution in [2.75, 3.05) is 51.7 Å². The van der Waals surface area contributed by atoms with Gasteiger partial charge in [0.2, 0.25) is 5.88 Å². The Morgan fingerprint density at radius 1 is 0.948 bits per heavy atom. The molecule has 3 atom stereocenters. The number of ether oxygens (including phenoxy) is 4. The predicted molar refractivity (Wildman–Crippen MR) is 224 cm³/mol. The Morgan fingerprint density at radius 3 is 2.50 bits per heavy atom. The normalized spacial score (nSPS) is 22.2. The Morgan fingerprint density at radius 2 is 1.74 bits per heavy atom. The molecule has 0 saturated carbocycles. The van der Waals surface area contributed by atoms with Gasteiger partial charge in [-0.05, 0) is 78.9 Å². The van der Waals surface area contributed by atoms with Crippen LogP contribution in [-0.4, -0.2) is 92.4 Å². The number of halogens is 3. The zero-order chi connectivity index (χ0) is 40.9. The number of rotatable bonds is 10. The number of alkyl halides is 1. The first kappa shape index (κ1) is 40.6. The van der Waals surface area contributed by atoms with Crippen molar-refractivity contribution in [2.45, 2.75) is 121 Å². The van der Waals surface area contributed by atoms with Crippen molar-refractivity contribution in [1.82, 2.24) is 19.9 Å². The molecule has 2 aromatic heterocycles. The first-order chi connectivity index (χ1) is 27.9. The van der Waals surface area contributed by atoms with Crippen LogP contribution in [0.1, 0.15) is 92.1 Å². The molecule has 13 heteroatoms. The molecule has 0 N–H and O–H groups in total. The minimum absolute atomic E-state index is 0.00644. The van der Waals surface area contributed by atoms with Gasteiger partial charge < -0.3 is 23.8 Å². The van der Waals surface area contributed by atoms with E-state index in [1.807, 2.05) is 0 Å². The lowest BCUT2D eigenvalue weighted by Gasteiger charge is -2.38. The molecular formula is C45H56F3N5O4Si. The molecule has 0 spiro atoms. The summed E-state index contributed by atoms with van der Waals surface area (Å²) in [5.74, 6) is 3.23. The second-order valence-electron chi connectivity index (χ2n) is 17.7. The third-order valence-electron chi connectivity index (χ3n) is 13.4. The van der Waals surface area contributed by atoms with Crippen LogP contribution < -0.4 is 19.1 Å². The molecule has 6 heterocycles. The van der Waals surface area contributed by atoms with Crippen molar-refractivity contribution in [3.05, 3.63) is 41.5 Å². The molecule has 1 unspecified atom stereocenters. The van der Waals surface area contributed by atoms with Crippen LogP contribution >= 0.6 is 0 Å². The van der Waals surface area contributed by atoms with Crippen molar-refractivity contribution in [3.63, 3.8) is 0 Å². The average molecular weight is 816 g/mol. The van der Waals surface area contributed by atoms with Crippen molar-refractivity contribution < 1.29 is 32.1 Å². The van der Waals surface area contributed by atoms with E-state index in [2.05, 4.69) is 62.8 Å². The van der Waals surface area contributed by atoms with Crippen LogP contribution in [0, 0.1) is 23.1 Å². The number of anilines is 1. The Hall–Kier alpha value is -4.12. The largest absolute Gasteiger partial charge is 0.477 e. The lowest BCUT2D eigenvalue weighted by Crippen LogP contribution is -2.44. The summed E-state index contributed by atoms with van der Waals surface area (Å²) in [6.45, 7) is 15.7. The fraction of sp³-hybridized carbons (Fsp3) is 0.578. The van der Waals surface area contributed by atoms with E-state index in [0.717, 1.165) is 51.6 Å². The molecule has 0 radical (unpaired) electrons. The molecule has 4 aromatic rings. The number of aromatic nitrogens is 3. The number of fused-ring (bicyclic) bond motifs is 4. The third-order valence-corrected chi connectivity index (χ3v) is 19.7. The van der Waals surface area contributed by atoms with Crippen LogP contribution in [0.4, 0.5) is 19.0 Å². The van der Waals surface area contributed by atoms with E-state index >= 15 is 8.78 Å². The van der Waals surface area contributed by atoms with Gasteiger partial charge in [0.05, 0.1) is 17.7 Å². The molecule has 58 heavy (non-hydrogen) atoms. The molecule has 9 nitrogen and oxygen atoms in total. The van der Waals surface area contributed by atoms with Gasteiger partial charge in [-0.15, -0.1) is 5.54 Å². The van der Waals surface area contributed by atoms with Gasteiger partial charge in [-0.3, -0.25) is 4.90 Å². The van der Waals surface area contributed by atoms with E-state index in [1.165, 1.54) is 13.2 Å². The maximum Gasteiger partial charge on any atom is 0.319 e. The zero-order valence-corrected chi connectivity index (χ0v) is 35.9. The fourth-order valence-electron chi connectivity index (χ4n) is 10.7. The molecule has 0 bridgehead atoms. The molecule has 4 aliphatic rings. The first-order valence-corrected chi connectivity index (χ1v) is 23.3. The smallest absolute Gasteiger partial charge is 0.319 e. The lowest BCUT2D eigenvalue weighted by molar-refractivity contribution is 0.0512. The van der Waals surface area contributed by atoms with Crippen molar-refractivity contribution in [2.24, 2.45) is 0 Å². The SMILES string of the molecule is COCOc1cc(-c2nc3c4c(nc(OC[C@@]56CCCN5C[C@H](F)C6)nc4c2F)N2CCCCC2CCO3)c2c(C#C[Si](C(C)C)(C(C)C)C(C)C)c(F)ccc2c1. The summed E-state index contributed by atoms with van der Waals surface area (Å²) >= 11 is 0. The van der Waals surface area contributed by atoms with Crippen LogP contribution in [0.3, 0.4) is 0 Å². The lowest BCUT2D eigenvalue weighted by atomic mass is 9.95. The summed E-state index contributed by atoms with van der Waals surface area (Å²) in [4.78, 5) is 19.1. The molecule has 2 aromatic carbocycles. The van der Waals surface area contributed by atoms with Gasteiger partial charge in [0.15, 0.2) is 12.6 Å². The van der Waals surface area contributed by atoms with Crippen LogP contribution in [0.5, 0.6) is 17.6 Å². The highest BCUT2D eigenvalue weighted by atomic mass is 28.3. The van der Waals surface area contributed by atoms with Crippen LogP contribution in [0.25, 0.3) is 32.9 Å². The van der Waals surface area contributed by atoms with Gasteiger partial charge in [-0.2, -0.15) is 9.97 Å². The molecule has 3 fully saturated rings. The standard InChI is InChI=1S/C45H56F3N5O4Si/c1-27(2)58(28(3)4,29(5)6)20-15-34-36(47)13-12-30-21-33(57-26-54-7)22-35(37(30)34)40-39(48)41-38-42(53-18-9-8-11-32(53)14-19-55-43(38)49-40)51-44(50-41)56-25-45-16-10-17-52(45)24-31(46)23-45/h12-13,21-22,27-29,31-32H,8-11,14,16-19,23-26H2,1-7H3/t31-,32?,45+/m1/s1. The van der Waals surface area contributed by atoms with Gasteiger partial charge in [-0.1, -0.05) is 53.5 Å². The van der Waals surface area contributed by atoms with E-state index in [9.17, 15) is 4.39 Å². The quantitative estimate of drug-likeness (QED) is 0.0883. The molecule has 0 amide bonds. The van der Waals surface area contributed by atoms with E-state index < -0.39 is 31.4 Å². The maximum atomic E-state index is 17.8. The highest BCUT2D eigenvalue weighted by Crippen LogP contribution is 2.46. The zero-order valence-electron chi connectivity index (χ0n) is 34.9. The molecule has 0 aliphatic carbocycles. The highest BCUT2D eigenvalue weighted by Gasteiger charge is 2.49. The summed E-state index contributed by atoms with van der Waals surface area (Å²) in [5.41, 5.74) is 4.58. The third kappa shape index (κ3) is 7.06. The molecule has 8 rings (SSSR count). The molecule has 3 saturated heterocycles. The van der Waals surface area contributed by atoms with Gasteiger partial charge in [0.25, 0.3) is 0 Å². The van der Waals surface area contributed by atoms with Crippen LogP contribution in [0.2, 0.25) is 16.6 Å². The molecular weight excluding hydrogens is 760 g/mol. The Bertz CT molecular complexity index is 2240. The summed E-state index contributed by atoms with van der Waals surface area (Å²) in [7, 11) is -0.784. The number of benzene rings is 2. The van der Waals surface area contributed by atoms with Crippen molar-refractivity contribution in [3.8, 4) is 40.4 Å². The molecule has 310 valence electrons. The Labute approximate surface area is 341 Å². The summed E-state index contributed by atoms with van der Waals surface area (Å²) in [5, 5.41) is 1.40. The maximum absolute atomic E-state index is 17.8. The summed E-state index contributed by atoms with van der Waals surface area (Å²) in [6, 6.07) is 6.68. The Kier molecular flexibility index (Phi) is 11.3. The minimum Gasteiger partial charge on any atom is -0.477 e. The van der Waals surface area contributed by atoms with Gasteiger partial charge in [0, 0.05) is 50.0 Å². The number of methoxy groups -OCH3 is 1. The highest BCUT2D eigenvalue weighted by molar-refractivity contribution is 6.90. The van der Waals surface area contributed by atoms with E-state index in [-0.39, 0.29) is 48.1 Å². The van der Waals surface area contributed by atoms with Crippen LogP contribution in [-0.2, 0) is 4.74 Å². The predicted octanol–water partition coefficient (Wildman–Crippen LogP) is 9.77. The van der Waals surface area contributed by atoms with Crippen molar-refractivity contribution >= 4 is 35.6 Å². The number of pyridine rings is 1. The van der Waals surface area contributed by atoms with Gasteiger partial charge in [-0.25, -0.2) is 18.2 Å². The average Bonchev–Trinajstić information content (AvgIpc) is 3.72.